The Kier molecular flexibility index (Phi) is 8.43. The van der Waals surface area contributed by atoms with E-state index in [1.165, 1.54) is 5.75 Å². The van der Waals surface area contributed by atoms with E-state index in [0.717, 1.165) is 5.75 Å². The van der Waals surface area contributed by atoms with Crippen LogP contribution in [-0.4, -0.2) is 16.1 Å². The lowest BCUT2D eigenvalue weighted by atomic mass is 10.9. The van der Waals surface area contributed by atoms with Gasteiger partial charge in [-0.15, -0.1) is 0 Å². The van der Waals surface area contributed by atoms with Gasteiger partial charge in [-0.2, -0.15) is 24.4 Å². The van der Waals surface area contributed by atoms with Crippen molar-refractivity contribution in [1.82, 2.24) is 0 Å². The predicted molar refractivity (Wildman–Crippen MR) is 57.4 cm³/mol. The van der Waals surface area contributed by atoms with Crippen molar-refractivity contribution in [3.05, 3.63) is 0 Å². The molecule has 0 saturated carbocycles. The molecule has 4 heteroatoms. The Hall–Kier alpha value is 1.78. The quantitative estimate of drug-likeness (QED) is 0.477. The highest BCUT2D eigenvalue weighted by Gasteiger charge is 1.97. The third-order valence-electron chi connectivity index (χ3n) is 0.567. The zero-order valence-electron chi connectivity index (χ0n) is 4.63. The molecule has 0 rings (SSSR count). The number of thioether (sulfide) groups is 1. The topological polar surface area (TPSA) is 0 Å². The van der Waals surface area contributed by atoms with Crippen LogP contribution >= 0.6 is 54.5 Å². The molecular formula is C4H9IS3. The van der Waals surface area contributed by atoms with Gasteiger partial charge in [0.2, 0.25) is 0 Å². The van der Waals surface area contributed by atoms with Crippen molar-refractivity contribution in [3.63, 3.8) is 0 Å². The van der Waals surface area contributed by atoms with Crippen LogP contribution < -0.4 is 0 Å². The normalized spacial score (nSPS) is 13.9. The van der Waals surface area contributed by atoms with Gasteiger partial charge in [0.05, 0.1) is 4.58 Å². The summed E-state index contributed by atoms with van der Waals surface area (Å²) in [6, 6.07) is 0. The van der Waals surface area contributed by atoms with Gasteiger partial charge in [0.1, 0.15) is 0 Å². The fourth-order valence-corrected chi connectivity index (χ4v) is 2.81. The number of hydrogen-bond acceptors (Lipinski definition) is 3. The maximum atomic E-state index is 4.30. The molecule has 0 nitrogen and oxygen atoms in total. The SMILES string of the molecule is CCSCC(S)SI. The summed E-state index contributed by atoms with van der Waals surface area (Å²) in [5.74, 6) is 2.36. The summed E-state index contributed by atoms with van der Waals surface area (Å²) in [6.45, 7) is 2.17. The Morgan fingerprint density at radius 3 is 2.75 bits per heavy atom. The Balaban J connectivity index is 2.86. The summed E-state index contributed by atoms with van der Waals surface area (Å²) in [5.41, 5.74) is 0. The van der Waals surface area contributed by atoms with Crippen LogP contribution in [0.15, 0.2) is 0 Å². The Morgan fingerprint density at radius 2 is 2.38 bits per heavy atom. The van der Waals surface area contributed by atoms with E-state index in [0.29, 0.717) is 4.58 Å². The summed E-state index contributed by atoms with van der Waals surface area (Å²) in [4.78, 5) is 0. The molecule has 0 aliphatic carbocycles. The average Bonchev–Trinajstić information content (AvgIpc) is 1.83. The van der Waals surface area contributed by atoms with E-state index in [-0.39, 0.29) is 0 Å². The minimum Gasteiger partial charge on any atom is -0.163 e. The molecule has 1 atom stereocenters. The van der Waals surface area contributed by atoms with Crippen molar-refractivity contribution in [1.29, 1.82) is 0 Å². The van der Waals surface area contributed by atoms with Gasteiger partial charge < -0.3 is 0 Å². The zero-order valence-corrected chi connectivity index (χ0v) is 9.32. The van der Waals surface area contributed by atoms with E-state index in [9.17, 15) is 0 Å². The van der Waals surface area contributed by atoms with Crippen LogP contribution in [0, 0.1) is 0 Å². The van der Waals surface area contributed by atoms with Crippen molar-refractivity contribution in [2.75, 3.05) is 11.5 Å². The molecule has 0 aromatic rings. The molecule has 8 heavy (non-hydrogen) atoms. The molecule has 0 saturated heterocycles. The van der Waals surface area contributed by atoms with Crippen molar-refractivity contribution in [2.45, 2.75) is 11.5 Å². The fourth-order valence-electron chi connectivity index (χ4n) is 0.244. The Morgan fingerprint density at radius 1 is 1.75 bits per heavy atom. The van der Waals surface area contributed by atoms with Gasteiger partial charge in [-0.3, -0.25) is 0 Å². The highest BCUT2D eigenvalue weighted by atomic mass is 127. The third kappa shape index (κ3) is 5.91. The molecule has 0 aliphatic rings. The van der Waals surface area contributed by atoms with Crippen molar-refractivity contribution >= 4 is 54.5 Å². The van der Waals surface area contributed by atoms with Crippen LogP contribution in [0.1, 0.15) is 6.92 Å². The highest BCUT2D eigenvalue weighted by molar-refractivity contribution is 14.2. The molecule has 0 aromatic carbocycles. The van der Waals surface area contributed by atoms with Gasteiger partial charge >= 0.3 is 0 Å². The van der Waals surface area contributed by atoms with E-state index < -0.39 is 0 Å². The first-order valence-corrected chi connectivity index (χ1v) is 7.43. The number of hydrogen-bond donors (Lipinski definition) is 1. The largest absolute Gasteiger partial charge is 0.163 e. The summed E-state index contributed by atoms with van der Waals surface area (Å²) in [6.07, 6.45) is 0. The first-order valence-electron chi connectivity index (χ1n) is 2.34. The minimum atomic E-state index is 0.514. The van der Waals surface area contributed by atoms with Gasteiger partial charge in [-0.25, -0.2) is 0 Å². The van der Waals surface area contributed by atoms with Crippen molar-refractivity contribution in [3.8, 4) is 0 Å². The average molecular weight is 280 g/mol. The number of halogens is 1. The van der Waals surface area contributed by atoms with E-state index in [1.807, 2.05) is 11.8 Å². The van der Waals surface area contributed by atoms with E-state index in [2.05, 4.69) is 40.8 Å². The second-order valence-electron chi connectivity index (χ2n) is 1.20. The molecule has 0 spiro atoms. The molecule has 50 valence electrons. The lowest BCUT2D eigenvalue weighted by Gasteiger charge is -2.01. The van der Waals surface area contributed by atoms with Gasteiger partial charge in [0.15, 0.2) is 0 Å². The van der Waals surface area contributed by atoms with Gasteiger partial charge in [0.25, 0.3) is 0 Å². The third-order valence-corrected chi connectivity index (χ3v) is 5.92. The van der Waals surface area contributed by atoms with Crippen LogP contribution in [0.4, 0.5) is 0 Å². The highest BCUT2D eigenvalue weighted by Crippen LogP contribution is 2.25. The van der Waals surface area contributed by atoms with Crippen LogP contribution in [0.3, 0.4) is 0 Å². The molecule has 0 aliphatic heterocycles. The molecule has 0 aromatic heterocycles. The van der Waals surface area contributed by atoms with Gasteiger partial charge in [0, 0.05) is 5.75 Å². The number of thiol groups is 1. The van der Waals surface area contributed by atoms with Gasteiger partial charge in [-0.1, -0.05) is 15.9 Å². The Labute approximate surface area is 76.9 Å². The first kappa shape index (κ1) is 9.78. The molecular weight excluding hydrogens is 271 g/mol. The fraction of sp³-hybridized carbons (Fsp3) is 1.00. The van der Waals surface area contributed by atoms with E-state index >= 15 is 0 Å². The smallest absolute Gasteiger partial charge is 0.0662 e. The van der Waals surface area contributed by atoms with Crippen LogP contribution in [0.2, 0.25) is 0 Å². The van der Waals surface area contributed by atoms with Crippen molar-refractivity contribution in [2.24, 2.45) is 0 Å². The van der Waals surface area contributed by atoms with Crippen LogP contribution in [0.25, 0.3) is 0 Å². The second-order valence-corrected chi connectivity index (χ2v) is 5.77. The molecule has 0 heterocycles. The molecule has 1 unspecified atom stereocenters. The summed E-state index contributed by atoms with van der Waals surface area (Å²) in [7, 11) is 1.78. The first-order chi connectivity index (χ1) is 3.81. The molecule has 0 fully saturated rings. The van der Waals surface area contributed by atoms with E-state index in [4.69, 9.17) is 0 Å². The van der Waals surface area contributed by atoms with Gasteiger partial charge in [-0.05, 0) is 27.0 Å². The monoisotopic (exact) mass is 280 g/mol. The maximum Gasteiger partial charge on any atom is 0.0662 e. The lowest BCUT2D eigenvalue weighted by molar-refractivity contribution is 1.44. The van der Waals surface area contributed by atoms with E-state index in [1.54, 1.807) is 8.93 Å². The molecule has 0 N–H and O–H groups in total. The molecule has 0 amide bonds. The summed E-state index contributed by atoms with van der Waals surface area (Å²) < 4.78 is 0.514. The summed E-state index contributed by atoms with van der Waals surface area (Å²) in [5, 5.41) is 0. The maximum absolute atomic E-state index is 4.30. The molecule has 0 radical (unpaired) electrons. The van der Waals surface area contributed by atoms with Crippen molar-refractivity contribution < 1.29 is 0 Å². The van der Waals surface area contributed by atoms with Crippen LogP contribution in [0.5, 0.6) is 0 Å². The number of rotatable bonds is 4. The molecule has 0 bridgehead atoms. The standard InChI is InChI=1S/C4H9IS3/c1-2-7-3-4(6)8-5/h4,6H,2-3H2,1H3. The lowest BCUT2D eigenvalue weighted by Crippen LogP contribution is -1.92. The minimum absolute atomic E-state index is 0.514. The summed E-state index contributed by atoms with van der Waals surface area (Å²) >= 11 is 8.52. The predicted octanol–water partition coefficient (Wildman–Crippen LogP) is 3.08. The zero-order chi connectivity index (χ0) is 6.41. The van der Waals surface area contributed by atoms with Crippen LogP contribution in [-0.2, 0) is 0 Å². The Bertz CT molecular complexity index is 50.5. The second kappa shape index (κ2) is 6.89.